The summed E-state index contributed by atoms with van der Waals surface area (Å²) in [6, 6.07) is 10.6. The van der Waals surface area contributed by atoms with Crippen LogP contribution in [0.2, 0.25) is 0 Å². The number of tetrazole rings is 1. The van der Waals surface area contributed by atoms with Gasteiger partial charge in [-0.1, -0.05) is 18.2 Å². The average molecular weight is 289 g/mol. The molecule has 0 radical (unpaired) electrons. The van der Waals surface area contributed by atoms with Crippen LogP contribution in [0, 0.1) is 0 Å². The first-order valence-corrected chi connectivity index (χ1v) is 8.24. The first kappa shape index (κ1) is 13.6. The summed E-state index contributed by atoms with van der Waals surface area (Å²) in [4.78, 5) is 0. The predicted molar refractivity (Wildman–Crippen MR) is 80.9 cm³/mol. The normalized spacial score (nSPS) is 22.2. The second-order valence-corrected chi connectivity index (χ2v) is 6.23. The number of aromatic nitrogens is 4. The van der Waals surface area contributed by atoms with Gasteiger partial charge in [-0.3, -0.25) is 0 Å². The third-order valence-electron chi connectivity index (χ3n) is 3.80. The number of rotatable bonds is 5. The summed E-state index contributed by atoms with van der Waals surface area (Å²) >= 11 is 1.97. The number of hydrogen-bond acceptors (Lipinski definition) is 5. The molecule has 1 heterocycles. The SMILES string of the molecule is CSC1CCC(NCc2nnnn2-c2ccccc2)C1. The maximum Gasteiger partial charge on any atom is 0.170 e. The van der Waals surface area contributed by atoms with E-state index in [1.165, 1.54) is 19.3 Å². The minimum Gasteiger partial charge on any atom is -0.307 e. The molecule has 5 nitrogen and oxygen atoms in total. The number of para-hydroxylation sites is 1. The van der Waals surface area contributed by atoms with E-state index < -0.39 is 0 Å². The maximum absolute atomic E-state index is 4.13. The summed E-state index contributed by atoms with van der Waals surface area (Å²) in [5.41, 5.74) is 1.00. The standard InChI is InChI=1S/C14H19N5S/c1-20-13-8-7-11(9-13)15-10-14-16-17-18-19(14)12-5-3-2-4-6-12/h2-6,11,13,15H,7-10H2,1H3. The number of hydrogen-bond donors (Lipinski definition) is 1. The Morgan fingerprint density at radius 2 is 2.15 bits per heavy atom. The summed E-state index contributed by atoms with van der Waals surface area (Å²) in [5, 5.41) is 16.4. The molecule has 0 spiro atoms. The number of nitrogens with one attached hydrogen (secondary N) is 1. The Balaban J connectivity index is 1.63. The quantitative estimate of drug-likeness (QED) is 0.913. The third-order valence-corrected chi connectivity index (χ3v) is 4.90. The molecule has 0 saturated heterocycles. The summed E-state index contributed by atoms with van der Waals surface area (Å²) < 4.78 is 1.80. The second kappa shape index (κ2) is 6.37. The molecule has 2 atom stereocenters. The number of thioether (sulfide) groups is 1. The molecule has 1 fully saturated rings. The van der Waals surface area contributed by atoms with E-state index in [1.54, 1.807) is 4.68 Å². The van der Waals surface area contributed by atoms with Gasteiger partial charge in [0.15, 0.2) is 5.82 Å². The maximum atomic E-state index is 4.13. The van der Waals surface area contributed by atoms with Crippen LogP contribution in [-0.2, 0) is 6.54 Å². The van der Waals surface area contributed by atoms with Gasteiger partial charge in [0.1, 0.15) is 0 Å². The molecule has 1 aliphatic rings. The van der Waals surface area contributed by atoms with Gasteiger partial charge in [-0.2, -0.15) is 16.4 Å². The van der Waals surface area contributed by atoms with Gasteiger partial charge in [0.25, 0.3) is 0 Å². The molecule has 20 heavy (non-hydrogen) atoms. The van der Waals surface area contributed by atoms with Crippen LogP contribution >= 0.6 is 11.8 Å². The highest BCUT2D eigenvalue weighted by atomic mass is 32.2. The zero-order valence-corrected chi connectivity index (χ0v) is 12.4. The van der Waals surface area contributed by atoms with Crippen LogP contribution in [0.4, 0.5) is 0 Å². The molecule has 0 aliphatic heterocycles. The van der Waals surface area contributed by atoms with Crippen molar-refractivity contribution in [2.75, 3.05) is 6.26 Å². The molecule has 6 heteroatoms. The fraction of sp³-hybridized carbons (Fsp3) is 0.500. The number of nitrogens with zero attached hydrogens (tertiary/aromatic N) is 4. The van der Waals surface area contributed by atoms with Gasteiger partial charge < -0.3 is 5.32 Å². The van der Waals surface area contributed by atoms with E-state index in [9.17, 15) is 0 Å². The molecule has 1 aromatic carbocycles. The molecular formula is C14H19N5S. The second-order valence-electron chi connectivity index (χ2n) is 5.09. The Morgan fingerprint density at radius 1 is 1.30 bits per heavy atom. The van der Waals surface area contributed by atoms with Crippen LogP contribution in [0.15, 0.2) is 30.3 Å². The van der Waals surface area contributed by atoms with Crippen molar-refractivity contribution in [3.05, 3.63) is 36.2 Å². The summed E-state index contributed by atoms with van der Waals surface area (Å²) in [6.45, 7) is 0.716. The van der Waals surface area contributed by atoms with Crippen molar-refractivity contribution in [2.24, 2.45) is 0 Å². The van der Waals surface area contributed by atoms with Gasteiger partial charge in [-0.25, -0.2) is 0 Å². The lowest BCUT2D eigenvalue weighted by Crippen LogP contribution is -2.27. The lowest BCUT2D eigenvalue weighted by atomic mass is 10.2. The molecule has 3 rings (SSSR count). The van der Waals surface area contributed by atoms with E-state index >= 15 is 0 Å². The summed E-state index contributed by atoms with van der Waals surface area (Å²) in [6.07, 6.45) is 6.00. The van der Waals surface area contributed by atoms with E-state index in [2.05, 4.69) is 27.1 Å². The Bertz CT molecular complexity index is 542. The van der Waals surface area contributed by atoms with Gasteiger partial charge in [0.05, 0.1) is 12.2 Å². The average Bonchev–Trinajstić information content (AvgIpc) is 3.15. The van der Waals surface area contributed by atoms with Gasteiger partial charge in [-0.15, -0.1) is 5.10 Å². The van der Waals surface area contributed by atoms with Gasteiger partial charge in [0, 0.05) is 11.3 Å². The van der Waals surface area contributed by atoms with Crippen LogP contribution in [0.25, 0.3) is 5.69 Å². The largest absolute Gasteiger partial charge is 0.307 e. The summed E-state index contributed by atoms with van der Waals surface area (Å²) in [7, 11) is 0. The zero-order valence-electron chi connectivity index (χ0n) is 11.6. The lowest BCUT2D eigenvalue weighted by molar-refractivity contribution is 0.509. The van der Waals surface area contributed by atoms with Gasteiger partial charge in [-0.05, 0) is 48.1 Å². The van der Waals surface area contributed by atoms with Crippen molar-refractivity contribution in [1.29, 1.82) is 0 Å². The van der Waals surface area contributed by atoms with E-state index in [4.69, 9.17) is 0 Å². The topological polar surface area (TPSA) is 55.6 Å². The first-order chi connectivity index (χ1) is 9.86. The minimum atomic E-state index is 0.591. The fourth-order valence-electron chi connectivity index (χ4n) is 2.66. The van der Waals surface area contributed by atoms with Crippen LogP contribution in [0.5, 0.6) is 0 Å². The first-order valence-electron chi connectivity index (χ1n) is 6.95. The molecular weight excluding hydrogens is 270 g/mol. The van der Waals surface area contributed by atoms with Gasteiger partial charge >= 0.3 is 0 Å². The van der Waals surface area contributed by atoms with Crippen molar-refractivity contribution in [1.82, 2.24) is 25.5 Å². The van der Waals surface area contributed by atoms with Crippen molar-refractivity contribution >= 4 is 11.8 Å². The van der Waals surface area contributed by atoms with Crippen LogP contribution in [0.1, 0.15) is 25.1 Å². The van der Waals surface area contributed by atoms with E-state index in [0.29, 0.717) is 12.6 Å². The van der Waals surface area contributed by atoms with Crippen LogP contribution in [0.3, 0.4) is 0 Å². The van der Waals surface area contributed by atoms with E-state index in [-0.39, 0.29) is 0 Å². The summed E-state index contributed by atoms with van der Waals surface area (Å²) in [5.74, 6) is 0.865. The smallest absolute Gasteiger partial charge is 0.170 e. The van der Waals surface area contributed by atoms with Crippen molar-refractivity contribution in [3.63, 3.8) is 0 Å². The molecule has 1 N–H and O–H groups in total. The Hall–Kier alpha value is -1.40. The molecule has 1 aromatic heterocycles. The lowest BCUT2D eigenvalue weighted by Gasteiger charge is -2.12. The third kappa shape index (κ3) is 3.02. The number of benzene rings is 1. The zero-order chi connectivity index (χ0) is 13.8. The fourth-order valence-corrected chi connectivity index (χ4v) is 3.46. The van der Waals surface area contributed by atoms with E-state index in [1.807, 2.05) is 42.1 Å². The highest BCUT2D eigenvalue weighted by molar-refractivity contribution is 7.99. The highest BCUT2D eigenvalue weighted by Gasteiger charge is 2.23. The molecule has 106 valence electrons. The van der Waals surface area contributed by atoms with Crippen LogP contribution < -0.4 is 5.32 Å². The molecule has 2 aromatic rings. The molecule has 0 amide bonds. The van der Waals surface area contributed by atoms with Crippen molar-refractivity contribution in [2.45, 2.75) is 37.1 Å². The Labute approximate surface area is 123 Å². The van der Waals surface area contributed by atoms with E-state index in [0.717, 1.165) is 16.8 Å². The predicted octanol–water partition coefficient (Wildman–Crippen LogP) is 2.04. The van der Waals surface area contributed by atoms with Crippen molar-refractivity contribution < 1.29 is 0 Å². The monoisotopic (exact) mass is 289 g/mol. The molecule has 1 saturated carbocycles. The highest BCUT2D eigenvalue weighted by Crippen LogP contribution is 2.28. The van der Waals surface area contributed by atoms with Gasteiger partial charge in [0.2, 0.25) is 0 Å². The Kier molecular flexibility index (Phi) is 4.32. The molecule has 2 unspecified atom stereocenters. The van der Waals surface area contributed by atoms with Crippen LogP contribution in [-0.4, -0.2) is 37.8 Å². The van der Waals surface area contributed by atoms with Crippen molar-refractivity contribution in [3.8, 4) is 5.69 Å². The minimum absolute atomic E-state index is 0.591. The molecule has 0 bridgehead atoms. The molecule has 1 aliphatic carbocycles. The Morgan fingerprint density at radius 3 is 2.90 bits per heavy atom.